The minimum Gasteiger partial charge on any atom is -0.461 e. The van der Waals surface area contributed by atoms with E-state index in [1.54, 1.807) is 0 Å². The lowest BCUT2D eigenvalue weighted by Crippen LogP contribution is -2.36. The lowest BCUT2D eigenvalue weighted by molar-refractivity contribution is -0.148. The summed E-state index contributed by atoms with van der Waals surface area (Å²) in [5.74, 6) is -0.141. The number of rotatable bonds is 4. The molecule has 1 aromatic rings. The van der Waals surface area contributed by atoms with Gasteiger partial charge in [-0.3, -0.25) is 4.79 Å². The van der Waals surface area contributed by atoms with E-state index in [0.717, 1.165) is 18.5 Å². The number of ether oxygens (including phenoxy) is 1. The van der Waals surface area contributed by atoms with Crippen molar-refractivity contribution in [3.05, 3.63) is 35.9 Å². The monoisotopic (exact) mass is 233 g/mol. The van der Waals surface area contributed by atoms with Gasteiger partial charge >= 0.3 is 5.97 Å². The third kappa shape index (κ3) is 3.56. The predicted molar refractivity (Wildman–Crippen MR) is 66.7 cm³/mol. The Bertz CT molecular complexity index is 358. The molecule has 1 N–H and O–H groups in total. The zero-order valence-corrected chi connectivity index (χ0v) is 10.2. The third-order valence-electron chi connectivity index (χ3n) is 3.17. The first-order valence-electron chi connectivity index (χ1n) is 6.22. The Morgan fingerprint density at radius 1 is 1.47 bits per heavy atom. The van der Waals surface area contributed by atoms with Crippen LogP contribution in [0, 0.1) is 0 Å². The molecule has 2 rings (SSSR count). The number of nitrogens with one attached hydrogen (secondary N) is 1. The van der Waals surface area contributed by atoms with Crippen LogP contribution in [0.15, 0.2) is 30.3 Å². The van der Waals surface area contributed by atoms with Crippen molar-refractivity contribution in [1.29, 1.82) is 0 Å². The van der Waals surface area contributed by atoms with Gasteiger partial charge in [-0.1, -0.05) is 30.3 Å². The van der Waals surface area contributed by atoms with Gasteiger partial charge < -0.3 is 10.1 Å². The molecule has 0 radical (unpaired) electrons. The number of carbonyl (C=O) groups excluding carboxylic acids is 1. The molecule has 2 atom stereocenters. The van der Waals surface area contributed by atoms with Crippen LogP contribution in [-0.2, 0) is 16.0 Å². The number of esters is 1. The first-order valence-corrected chi connectivity index (χ1v) is 6.22. The van der Waals surface area contributed by atoms with Gasteiger partial charge in [0.05, 0.1) is 6.42 Å². The van der Waals surface area contributed by atoms with Crippen LogP contribution in [-0.4, -0.2) is 24.7 Å². The predicted octanol–water partition coefficient (Wildman–Crippen LogP) is 1.91. The molecular formula is C14H19NO2. The molecule has 0 bridgehead atoms. The van der Waals surface area contributed by atoms with E-state index in [1.165, 1.54) is 6.42 Å². The molecule has 1 heterocycles. The molecule has 17 heavy (non-hydrogen) atoms. The molecular weight excluding hydrogens is 214 g/mol. The minimum absolute atomic E-state index is 0.0336. The topological polar surface area (TPSA) is 38.3 Å². The van der Waals surface area contributed by atoms with Gasteiger partial charge in [0.1, 0.15) is 6.10 Å². The smallest absolute Gasteiger partial charge is 0.310 e. The summed E-state index contributed by atoms with van der Waals surface area (Å²) in [6.07, 6.45) is 2.59. The van der Waals surface area contributed by atoms with Crippen LogP contribution in [0.2, 0.25) is 0 Å². The van der Waals surface area contributed by atoms with Crippen molar-refractivity contribution in [2.24, 2.45) is 0 Å². The fourth-order valence-corrected chi connectivity index (χ4v) is 2.21. The van der Waals surface area contributed by atoms with E-state index in [1.807, 2.05) is 37.3 Å². The highest BCUT2D eigenvalue weighted by atomic mass is 16.5. The average Bonchev–Trinajstić information content (AvgIpc) is 2.83. The van der Waals surface area contributed by atoms with Crippen LogP contribution < -0.4 is 5.32 Å². The van der Waals surface area contributed by atoms with E-state index in [2.05, 4.69) is 5.32 Å². The number of benzene rings is 1. The summed E-state index contributed by atoms with van der Waals surface area (Å²) in [7, 11) is 0. The second-order valence-corrected chi connectivity index (χ2v) is 4.56. The molecule has 1 saturated heterocycles. The Morgan fingerprint density at radius 2 is 2.24 bits per heavy atom. The van der Waals surface area contributed by atoms with Crippen molar-refractivity contribution in [1.82, 2.24) is 5.32 Å². The number of hydrogen-bond acceptors (Lipinski definition) is 3. The lowest BCUT2D eigenvalue weighted by atomic mass is 10.1. The highest BCUT2D eigenvalue weighted by molar-refractivity contribution is 5.72. The van der Waals surface area contributed by atoms with E-state index in [-0.39, 0.29) is 12.1 Å². The van der Waals surface area contributed by atoms with Crippen molar-refractivity contribution in [2.75, 3.05) is 6.54 Å². The maximum Gasteiger partial charge on any atom is 0.310 e. The Hall–Kier alpha value is -1.35. The highest BCUT2D eigenvalue weighted by Gasteiger charge is 2.23. The summed E-state index contributed by atoms with van der Waals surface area (Å²) < 4.78 is 5.44. The van der Waals surface area contributed by atoms with Crippen molar-refractivity contribution >= 4 is 5.97 Å². The van der Waals surface area contributed by atoms with Gasteiger partial charge in [0.25, 0.3) is 0 Å². The van der Waals surface area contributed by atoms with E-state index in [9.17, 15) is 4.79 Å². The van der Waals surface area contributed by atoms with Crippen LogP contribution in [0.5, 0.6) is 0 Å². The Labute approximate surface area is 102 Å². The van der Waals surface area contributed by atoms with Crippen LogP contribution >= 0.6 is 0 Å². The van der Waals surface area contributed by atoms with Gasteiger partial charge in [0.15, 0.2) is 0 Å². The van der Waals surface area contributed by atoms with Gasteiger partial charge in [-0.2, -0.15) is 0 Å². The van der Waals surface area contributed by atoms with Crippen molar-refractivity contribution in [3.8, 4) is 0 Å². The van der Waals surface area contributed by atoms with Gasteiger partial charge in [-0.05, 0) is 31.9 Å². The summed E-state index contributed by atoms with van der Waals surface area (Å²) in [4.78, 5) is 11.7. The van der Waals surface area contributed by atoms with Crippen LogP contribution in [0.25, 0.3) is 0 Å². The van der Waals surface area contributed by atoms with Gasteiger partial charge in [0, 0.05) is 6.04 Å². The lowest BCUT2D eigenvalue weighted by Gasteiger charge is -2.19. The van der Waals surface area contributed by atoms with Crippen LogP contribution in [0.4, 0.5) is 0 Å². The van der Waals surface area contributed by atoms with E-state index < -0.39 is 0 Å². The molecule has 3 nitrogen and oxygen atoms in total. The Morgan fingerprint density at radius 3 is 2.88 bits per heavy atom. The number of hydrogen-bond donors (Lipinski definition) is 1. The largest absolute Gasteiger partial charge is 0.461 e. The summed E-state index contributed by atoms with van der Waals surface area (Å²) >= 11 is 0. The normalized spacial score (nSPS) is 21.1. The summed E-state index contributed by atoms with van der Waals surface area (Å²) in [5, 5.41) is 3.35. The first kappa shape index (κ1) is 12.1. The SMILES string of the molecule is CC(OC(=O)Cc1ccccc1)C1CCCN1. The van der Waals surface area contributed by atoms with Crippen molar-refractivity contribution < 1.29 is 9.53 Å². The molecule has 2 unspecified atom stereocenters. The van der Waals surface area contributed by atoms with Gasteiger partial charge in [0.2, 0.25) is 0 Å². The van der Waals surface area contributed by atoms with E-state index in [4.69, 9.17) is 4.74 Å². The fraction of sp³-hybridized carbons (Fsp3) is 0.500. The van der Waals surface area contributed by atoms with Crippen LogP contribution in [0.3, 0.4) is 0 Å². The Balaban J connectivity index is 1.80. The highest BCUT2D eigenvalue weighted by Crippen LogP contribution is 2.12. The molecule has 92 valence electrons. The molecule has 3 heteroatoms. The van der Waals surface area contributed by atoms with Crippen molar-refractivity contribution in [2.45, 2.75) is 38.3 Å². The molecule has 1 fully saturated rings. The molecule has 0 aliphatic carbocycles. The summed E-state index contributed by atoms with van der Waals surface area (Å²) in [6.45, 7) is 3.00. The van der Waals surface area contributed by atoms with Gasteiger partial charge in [-0.25, -0.2) is 0 Å². The zero-order valence-electron chi connectivity index (χ0n) is 10.2. The molecule has 0 spiro atoms. The molecule has 0 saturated carbocycles. The Kier molecular flexibility index (Phi) is 4.15. The summed E-state index contributed by atoms with van der Waals surface area (Å²) in [6, 6.07) is 10.0. The standard InChI is InChI=1S/C14H19NO2/c1-11(13-8-5-9-15-13)17-14(16)10-12-6-3-2-4-7-12/h2-4,6-7,11,13,15H,5,8-10H2,1H3. The van der Waals surface area contributed by atoms with E-state index in [0.29, 0.717) is 12.5 Å². The maximum atomic E-state index is 11.7. The second-order valence-electron chi connectivity index (χ2n) is 4.56. The quantitative estimate of drug-likeness (QED) is 0.807. The fourth-order valence-electron chi connectivity index (χ4n) is 2.21. The average molecular weight is 233 g/mol. The summed E-state index contributed by atoms with van der Waals surface area (Å²) in [5.41, 5.74) is 1.00. The number of carbonyl (C=O) groups is 1. The second kappa shape index (κ2) is 5.82. The van der Waals surface area contributed by atoms with E-state index >= 15 is 0 Å². The molecule has 1 aromatic carbocycles. The maximum absolute atomic E-state index is 11.7. The van der Waals surface area contributed by atoms with Gasteiger partial charge in [-0.15, -0.1) is 0 Å². The minimum atomic E-state index is -0.141. The van der Waals surface area contributed by atoms with Crippen molar-refractivity contribution in [3.63, 3.8) is 0 Å². The third-order valence-corrected chi connectivity index (χ3v) is 3.17. The molecule has 0 aromatic heterocycles. The first-order chi connectivity index (χ1) is 8.25. The molecule has 0 amide bonds. The zero-order chi connectivity index (χ0) is 12.1. The molecule has 1 aliphatic rings. The molecule has 1 aliphatic heterocycles. The van der Waals surface area contributed by atoms with Crippen LogP contribution in [0.1, 0.15) is 25.3 Å².